The quantitative estimate of drug-likeness (QED) is 0.728. The number of esters is 2. The third-order valence-electron chi connectivity index (χ3n) is 3.45. The molecule has 0 fully saturated rings. The van der Waals surface area contributed by atoms with Crippen molar-refractivity contribution in [2.24, 2.45) is 0 Å². The van der Waals surface area contributed by atoms with E-state index in [0.29, 0.717) is 9.20 Å². The molecule has 2 aromatic rings. The molecular weight excluding hydrogens is 342 g/mol. The van der Waals surface area contributed by atoms with E-state index in [2.05, 4.69) is 4.74 Å². The number of rotatable bonds is 5. The van der Waals surface area contributed by atoms with Crippen LogP contribution in [0.3, 0.4) is 0 Å². The van der Waals surface area contributed by atoms with Crippen LogP contribution in [0.4, 0.5) is 0 Å². The van der Waals surface area contributed by atoms with Crippen molar-refractivity contribution in [3.05, 3.63) is 54.9 Å². The number of ether oxygens (including phenoxy) is 2. The van der Waals surface area contributed by atoms with Crippen LogP contribution in [-0.4, -0.2) is 30.2 Å². The Morgan fingerprint density at radius 2 is 2.00 bits per heavy atom. The van der Waals surface area contributed by atoms with Crippen LogP contribution in [0, 0.1) is 6.92 Å². The first-order valence-electron chi connectivity index (χ1n) is 7.68. The van der Waals surface area contributed by atoms with Gasteiger partial charge in [-0.3, -0.25) is 14.2 Å². The zero-order chi connectivity index (χ0) is 18.4. The van der Waals surface area contributed by atoms with Crippen LogP contribution in [0.1, 0.15) is 18.1 Å². The highest BCUT2D eigenvalue weighted by Gasteiger charge is 2.11. The minimum Gasteiger partial charge on any atom is -0.468 e. The largest absolute Gasteiger partial charge is 0.468 e. The molecule has 0 aliphatic heterocycles. The minimum atomic E-state index is -0.569. The van der Waals surface area contributed by atoms with Gasteiger partial charge in [0.1, 0.15) is 11.2 Å². The first kappa shape index (κ1) is 18.7. The lowest BCUT2D eigenvalue weighted by Crippen LogP contribution is -2.34. The van der Waals surface area contributed by atoms with Crippen LogP contribution in [0.2, 0.25) is 0 Å². The van der Waals surface area contributed by atoms with Crippen LogP contribution in [0.5, 0.6) is 0 Å². The summed E-state index contributed by atoms with van der Waals surface area (Å²) >= 11 is 1.13. The fourth-order valence-electron chi connectivity index (χ4n) is 2.16. The van der Waals surface area contributed by atoms with Crippen molar-refractivity contribution in [2.45, 2.75) is 20.4 Å². The van der Waals surface area contributed by atoms with Gasteiger partial charge in [0.15, 0.2) is 0 Å². The number of methoxy groups -OCH3 is 1. The predicted octanol–water partition coefficient (Wildman–Crippen LogP) is 0.564. The number of aryl methyl sites for hydroxylation is 1. The lowest BCUT2D eigenvalue weighted by molar-refractivity contribution is -0.141. The molecule has 0 spiro atoms. The monoisotopic (exact) mass is 361 g/mol. The number of carbonyl (C=O) groups is 2. The van der Waals surface area contributed by atoms with Gasteiger partial charge in [0.05, 0.1) is 24.3 Å². The van der Waals surface area contributed by atoms with Crippen molar-refractivity contribution < 1.29 is 19.1 Å². The van der Waals surface area contributed by atoms with Crippen molar-refractivity contribution in [2.75, 3.05) is 13.7 Å². The first-order valence-corrected chi connectivity index (χ1v) is 8.50. The summed E-state index contributed by atoms with van der Waals surface area (Å²) in [7, 11) is 1.24. The molecule has 6 nitrogen and oxygen atoms in total. The van der Waals surface area contributed by atoms with Crippen LogP contribution >= 0.6 is 11.3 Å². The lowest BCUT2D eigenvalue weighted by atomic mass is 10.1. The van der Waals surface area contributed by atoms with Gasteiger partial charge in [-0.1, -0.05) is 24.3 Å². The van der Waals surface area contributed by atoms with Crippen molar-refractivity contribution in [3.8, 4) is 0 Å². The zero-order valence-corrected chi connectivity index (χ0v) is 15.1. The molecule has 132 valence electrons. The fourth-order valence-corrected chi connectivity index (χ4v) is 3.18. The molecule has 0 bridgehead atoms. The maximum absolute atomic E-state index is 12.7. The molecule has 2 rings (SSSR count). The Morgan fingerprint density at radius 3 is 2.64 bits per heavy atom. The summed E-state index contributed by atoms with van der Waals surface area (Å²) in [6.45, 7) is 3.60. The van der Waals surface area contributed by atoms with Crippen molar-refractivity contribution in [3.63, 3.8) is 0 Å². The molecule has 1 aromatic carbocycles. The van der Waals surface area contributed by atoms with Gasteiger partial charge in [-0.05, 0) is 31.1 Å². The number of carbonyl (C=O) groups excluding carboxylic acids is 2. The van der Waals surface area contributed by atoms with Gasteiger partial charge in [-0.15, -0.1) is 11.3 Å². The molecule has 0 unspecified atom stereocenters. The summed E-state index contributed by atoms with van der Waals surface area (Å²) in [6, 6.07) is 7.63. The summed E-state index contributed by atoms with van der Waals surface area (Å²) in [6.07, 6.45) is 2.96. The SMILES string of the molecule is CCOC(=O)/C=c1\s/c(=C\c2ccccc2C)c(=O)n1CC(=O)OC. The van der Waals surface area contributed by atoms with Crippen molar-refractivity contribution >= 4 is 35.4 Å². The van der Waals surface area contributed by atoms with Gasteiger partial charge in [0.25, 0.3) is 5.56 Å². The Hall–Kier alpha value is -2.67. The molecule has 0 atom stereocenters. The highest BCUT2D eigenvalue weighted by molar-refractivity contribution is 7.07. The van der Waals surface area contributed by atoms with Crippen LogP contribution < -0.4 is 14.8 Å². The van der Waals surface area contributed by atoms with Crippen molar-refractivity contribution in [1.82, 2.24) is 4.57 Å². The molecule has 0 N–H and O–H groups in total. The predicted molar refractivity (Wildman–Crippen MR) is 95.7 cm³/mol. The molecule has 7 heteroatoms. The van der Waals surface area contributed by atoms with E-state index in [4.69, 9.17) is 4.74 Å². The van der Waals surface area contributed by atoms with E-state index in [9.17, 15) is 14.4 Å². The second kappa shape index (κ2) is 8.43. The molecule has 1 heterocycles. The highest BCUT2D eigenvalue weighted by Crippen LogP contribution is 2.06. The van der Waals surface area contributed by atoms with Crippen LogP contribution in [0.15, 0.2) is 29.1 Å². The Bertz CT molecular complexity index is 955. The Morgan fingerprint density at radius 1 is 1.28 bits per heavy atom. The van der Waals surface area contributed by atoms with E-state index in [1.54, 1.807) is 13.0 Å². The van der Waals surface area contributed by atoms with Crippen molar-refractivity contribution in [1.29, 1.82) is 0 Å². The van der Waals surface area contributed by atoms with E-state index >= 15 is 0 Å². The normalized spacial score (nSPS) is 12.3. The number of aromatic nitrogens is 1. The van der Waals surface area contributed by atoms with E-state index < -0.39 is 11.9 Å². The second-order valence-electron chi connectivity index (χ2n) is 5.17. The number of nitrogens with zero attached hydrogens (tertiary/aromatic N) is 1. The molecule has 1 aromatic heterocycles. The topological polar surface area (TPSA) is 74.6 Å². The van der Waals surface area contributed by atoms with Gasteiger partial charge in [-0.2, -0.15) is 0 Å². The average molecular weight is 361 g/mol. The van der Waals surface area contributed by atoms with E-state index in [0.717, 1.165) is 22.5 Å². The maximum atomic E-state index is 12.7. The summed E-state index contributed by atoms with van der Waals surface area (Å²) in [4.78, 5) is 36.0. The number of thiazole rings is 1. The molecule has 0 amide bonds. The fraction of sp³-hybridized carbons (Fsp3) is 0.278. The Labute approximate surface area is 148 Å². The number of hydrogen-bond acceptors (Lipinski definition) is 6. The van der Waals surface area contributed by atoms with Gasteiger partial charge in [-0.25, -0.2) is 4.79 Å². The van der Waals surface area contributed by atoms with Gasteiger partial charge in [0, 0.05) is 0 Å². The summed E-state index contributed by atoms with van der Waals surface area (Å²) in [5, 5.41) is 0. The van der Waals surface area contributed by atoms with E-state index in [1.165, 1.54) is 17.8 Å². The number of hydrogen-bond donors (Lipinski definition) is 0. The molecule has 25 heavy (non-hydrogen) atoms. The average Bonchev–Trinajstić information content (AvgIpc) is 2.85. The third-order valence-corrected chi connectivity index (χ3v) is 4.51. The maximum Gasteiger partial charge on any atom is 0.333 e. The smallest absolute Gasteiger partial charge is 0.333 e. The summed E-state index contributed by atoms with van der Waals surface area (Å²) in [5.74, 6) is -1.13. The summed E-state index contributed by atoms with van der Waals surface area (Å²) < 4.78 is 11.5. The van der Waals surface area contributed by atoms with Gasteiger partial charge < -0.3 is 9.47 Å². The first-order chi connectivity index (χ1) is 12.0. The molecule has 0 saturated carbocycles. The molecule has 0 aliphatic rings. The van der Waals surface area contributed by atoms with E-state index in [-0.39, 0.29) is 18.7 Å². The standard InChI is InChI=1S/C18H19NO5S/c1-4-24-16(20)10-15-19(11-17(21)23-3)18(22)14(25-15)9-13-8-6-5-7-12(13)2/h5-10H,4,11H2,1-3H3/b14-9-,15-10-. The minimum absolute atomic E-state index is 0.226. The van der Waals surface area contributed by atoms with Crippen LogP contribution in [0.25, 0.3) is 12.2 Å². The second-order valence-corrected chi connectivity index (χ2v) is 6.23. The van der Waals surface area contributed by atoms with Crippen LogP contribution in [-0.2, 0) is 25.6 Å². The third kappa shape index (κ3) is 4.67. The Balaban J connectivity index is 2.64. The number of benzene rings is 1. The molecule has 0 saturated heterocycles. The molecule has 0 radical (unpaired) electrons. The summed E-state index contributed by atoms with van der Waals surface area (Å²) in [5.41, 5.74) is 1.56. The lowest BCUT2D eigenvalue weighted by Gasteiger charge is -2.00. The van der Waals surface area contributed by atoms with Gasteiger partial charge >= 0.3 is 11.9 Å². The molecule has 0 aliphatic carbocycles. The highest BCUT2D eigenvalue weighted by atomic mass is 32.1. The van der Waals surface area contributed by atoms with Gasteiger partial charge in [0.2, 0.25) is 0 Å². The molecular formula is C18H19NO5S. The Kier molecular flexibility index (Phi) is 6.30. The van der Waals surface area contributed by atoms with E-state index in [1.807, 2.05) is 31.2 Å². The zero-order valence-electron chi connectivity index (χ0n) is 14.3.